The molecule has 1 amide bonds. The van der Waals surface area contributed by atoms with Gasteiger partial charge >= 0.3 is 0 Å². The minimum atomic E-state index is -0.0309. The molecular weight excluding hydrogens is 350 g/mol. The SMILES string of the molecule is O=C(CSc1ccc(Br)cc1)Nc1cccc2[nH]ncc12. The summed E-state index contributed by atoms with van der Waals surface area (Å²) in [7, 11) is 0. The maximum Gasteiger partial charge on any atom is 0.234 e. The van der Waals surface area contributed by atoms with Crippen LogP contribution in [0.5, 0.6) is 0 Å². The monoisotopic (exact) mass is 361 g/mol. The fourth-order valence-electron chi connectivity index (χ4n) is 1.94. The number of hydrogen-bond acceptors (Lipinski definition) is 3. The first kappa shape index (κ1) is 14.2. The van der Waals surface area contributed by atoms with Gasteiger partial charge in [0.2, 0.25) is 5.91 Å². The maximum atomic E-state index is 12.0. The molecule has 0 saturated carbocycles. The van der Waals surface area contributed by atoms with Gasteiger partial charge in [0.15, 0.2) is 0 Å². The molecule has 0 radical (unpaired) electrons. The number of nitrogens with zero attached hydrogens (tertiary/aromatic N) is 1. The number of benzene rings is 2. The molecule has 0 saturated heterocycles. The third-order valence-electron chi connectivity index (χ3n) is 2.94. The highest BCUT2D eigenvalue weighted by Crippen LogP contribution is 2.23. The first-order valence-corrected chi connectivity index (χ1v) is 8.10. The van der Waals surface area contributed by atoms with Crippen LogP contribution in [0.4, 0.5) is 5.69 Å². The van der Waals surface area contributed by atoms with Crippen molar-refractivity contribution >= 4 is 50.2 Å². The number of aromatic nitrogens is 2. The van der Waals surface area contributed by atoms with E-state index in [1.807, 2.05) is 42.5 Å². The summed E-state index contributed by atoms with van der Waals surface area (Å²) in [6.07, 6.45) is 1.72. The van der Waals surface area contributed by atoms with E-state index in [1.54, 1.807) is 6.20 Å². The Morgan fingerprint density at radius 1 is 1.24 bits per heavy atom. The molecule has 0 atom stereocenters. The highest BCUT2D eigenvalue weighted by molar-refractivity contribution is 9.10. The second-order valence-corrected chi connectivity index (χ2v) is 6.39. The average Bonchev–Trinajstić information content (AvgIpc) is 2.96. The van der Waals surface area contributed by atoms with Gasteiger partial charge in [0.05, 0.1) is 23.2 Å². The normalized spacial score (nSPS) is 10.7. The summed E-state index contributed by atoms with van der Waals surface area (Å²) in [4.78, 5) is 13.1. The molecule has 0 fully saturated rings. The van der Waals surface area contributed by atoms with Gasteiger partial charge in [-0.2, -0.15) is 5.10 Å². The summed E-state index contributed by atoms with van der Waals surface area (Å²) in [6, 6.07) is 13.6. The summed E-state index contributed by atoms with van der Waals surface area (Å²) in [5, 5.41) is 10.7. The van der Waals surface area contributed by atoms with Crippen LogP contribution in [0.15, 0.2) is 58.0 Å². The van der Waals surface area contributed by atoms with Crippen LogP contribution < -0.4 is 5.32 Å². The van der Waals surface area contributed by atoms with E-state index in [1.165, 1.54) is 11.8 Å². The number of carbonyl (C=O) groups excluding carboxylic acids is 1. The summed E-state index contributed by atoms with van der Waals surface area (Å²) in [5.74, 6) is 0.340. The Balaban J connectivity index is 1.64. The Hall–Kier alpha value is -1.79. The van der Waals surface area contributed by atoms with Crippen LogP contribution in [0.25, 0.3) is 10.9 Å². The van der Waals surface area contributed by atoms with Crippen molar-refractivity contribution in [3.05, 3.63) is 53.1 Å². The van der Waals surface area contributed by atoms with Crippen molar-refractivity contribution in [2.24, 2.45) is 0 Å². The Kier molecular flexibility index (Phi) is 4.26. The molecule has 0 aliphatic heterocycles. The number of hydrogen-bond donors (Lipinski definition) is 2. The Bertz CT molecular complexity index is 770. The number of H-pyrrole nitrogens is 1. The second-order valence-electron chi connectivity index (χ2n) is 4.43. The molecule has 0 aliphatic carbocycles. The van der Waals surface area contributed by atoms with Gasteiger partial charge in [0, 0.05) is 14.8 Å². The lowest BCUT2D eigenvalue weighted by Gasteiger charge is -2.06. The van der Waals surface area contributed by atoms with Crippen LogP contribution in [0.2, 0.25) is 0 Å². The van der Waals surface area contributed by atoms with Gasteiger partial charge in [0.1, 0.15) is 0 Å². The molecule has 6 heteroatoms. The van der Waals surface area contributed by atoms with Crippen LogP contribution >= 0.6 is 27.7 Å². The lowest BCUT2D eigenvalue weighted by Crippen LogP contribution is -2.14. The molecule has 1 aromatic heterocycles. The minimum absolute atomic E-state index is 0.0309. The summed E-state index contributed by atoms with van der Waals surface area (Å²) in [5.41, 5.74) is 1.69. The van der Waals surface area contributed by atoms with Gasteiger partial charge in [-0.25, -0.2) is 0 Å². The molecule has 21 heavy (non-hydrogen) atoms. The van der Waals surface area contributed by atoms with E-state index >= 15 is 0 Å². The standard InChI is InChI=1S/C15H12BrN3OS/c16-10-4-6-11(7-5-10)21-9-15(20)18-13-2-1-3-14-12(13)8-17-19-14/h1-8H,9H2,(H,17,19)(H,18,20). The van der Waals surface area contributed by atoms with Gasteiger partial charge in [0.25, 0.3) is 0 Å². The highest BCUT2D eigenvalue weighted by atomic mass is 79.9. The molecule has 2 N–H and O–H groups in total. The van der Waals surface area contributed by atoms with Gasteiger partial charge in [-0.15, -0.1) is 11.8 Å². The van der Waals surface area contributed by atoms with Crippen molar-refractivity contribution in [1.29, 1.82) is 0 Å². The summed E-state index contributed by atoms with van der Waals surface area (Å²) < 4.78 is 1.03. The van der Waals surface area contributed by atoms with Crippen LogP contribution in [0.1, 0.15) is 0 Å². The zero-order valence-corrected chi connectivity index (χ0v) is 13.4. The van der Waals surface area contributed by atoms with Crippen molar-refractivity contribution in [3.63, 3.8) is 0 Å². The van der Waals surface area contributed by atoms with Crippen molar-refractivity contribution in [3.8, 4) is 0 Å². The smallest absolute Gasteiger partial charge is 0.234 e. The van der Waals surface area contributed by atoms with Crippen molar-refractivity contribution in [2.45, 2.75) is 4.90 Å². The Morgan fingerprint density at radius 3 is 2.86 bits per heavy atom. The highest BCUT2D eigenvalue weighted by Gasteiger charge is 2.07. The molecule has 3 rings (SSSR count). The lowest BCUT2D eigenvalue weighted by molar-refractivity contribution is -0.113. The molecule has 1 heterocycles. The van der Waals surface area contributed by atoms with Gasteiger partial charge in [-0.1, -0.05) is 22.0 Å². The number of carbonyl (C=O) groups is 1. The number of amides is 1. The number of anilines is 1. The number of rotatable bonds is 4. The van der Waals surface area contributed by atoms with Crippen LogP contribution in [-0.4, -0.2) is 21.9 Å². The van der Waals surface area contributed by atoms with Crippen molar-refractivity contribution in [1.82, 2.24) is 10.2 Å². The van der Waals surface area contributed by atoms with Gasteiger partial charge in [-0.05, 0) is 36.4 Å². The average molecular weight is 362 g/mol. The molecule has 0 aliphatic rings. The number of aromatic amines is 1. The third-order valence-corrected chi connectivity index (χ3v) is 4.48. The topological polar surface area (TPSA) is 57.8 Å². The number of thioether (sulfide) groups is 1. The summed E-state index contributed by atoms with van der Waals surface area (Å²) >= 11 is 4.90. The second kappa shape index (κ2) is 6.32. The molecule has 106 valence electrons. The van der Waals surface area contributed by atoms with E-state index in [4.69, 9.17) is 0 Å². The zero-order valence-electron chi connectivity index (χ0n) is 11.0. The van der Waals surface area contributed by atoms with E-state index in [0.29, 0.717) is 5.75 Å². The maximum absolute atomic E-state index is 12.0. The minimum Gasteiger partial charge on any atom is -0.325 e. The predicted molar refractivity (Wildman–Crippen MR) is 89.6 cm³/mol. The van der Waals surface area contributed by atoms with E-state index < -0.39 is 0 Å². The van der Waals surface area contributed by atoms with Crippen LogP contribution in [-0.2, 0) is 4.79 Å². The van der Waals surface area contributed by atoms with Gasteiger partial charge < -0.3 is 5.32 Å². The number of nitrogens with one attached hydrogen (secondary N) is 2. The molecule has 4 nitrogen and oxygen atoms in total. The number of fused-ring (bicyclic) bond motifs is 1. The number of halogens is 1. The molecule has 0 bridgehead atoms. The molecule has 0 unspecified atom stereocenters. The predicted octanol–water partition coefficient (Wildman–Crippen LogP) is 4.06. The Morgan fingerprint density at radius 2 is 2.05 bits per heavy atom. The molecule has 2 aromatic carbocycles. The third kappa shape index (κ3) is 3.46. The first-order chi connectivity index (χ1) is 10.2. The Labute approximate surface area is 134 Å². The fraction of sp³-hybridized carbons (Fsp3) is 0.0667. The van der Waals surface area contributed by atoms with Gasteiger partial charge in [-0.3, -0.25) is 9.89 Å². The van der Waals surface area contributed by atoms with E-state index in [2.05, 4.69) is 31.4 Å². The lowest BCUT2D eigenvalue weighted by atomic mass is 10.2. The molecule has 0 spiro atoms. The van der Waals surface area contributed by atoms with Crippen molar-refractivity contribution < 1.29 is 4.79 Å². The first-order valence-electron chi connectivity index (χ1n) is 6.33. The fourth-order valence-corrected chi connectivity index (χ4v) is 2.91. The van der Waals surface area contributed by atoms with Crippen molar-refractivity contribution in [2.75, 3.05) is 11.1 Å². The molecular formula is C15H12BrN3OS. The zero-order chi connectivity index (χ0) is 14.7. The van der Waals surface area contributed by atoms with E-state index in [-0.39, 0.29) is 5.91 Å². The van der Waals surface area contributed by atoms with E-state index in [0.717, 1.165) is 26.0 Å². The van der Waals surface area contributed by atoms with Crippen LogP contribution in [0.3, 0.4) is 0 Å². The van der Waals surface area contributed by atoms with E-state index in [9.17, 15) is 4.79 Å². The quantitative estimate of drug-likeness (QED) is 0.689. The largest absolute Gasteiger partial charge is 0.325 e. The summed E-state index contributed by atoms with van der Waals surface area (Å²) in [6.45, 7) is 0. The molecule has 3 aromatic rings. The van der Waals surface area contributed by atoms with Crippen LogP contribution in [0, 0.1) is 0 Å².